The van der Waals surface area contributed by atoms with Crippen molar-refractivity contribution in [2.75, 3.05) is 6.54 Å². The fourth-order valence-corrected chi connectivity index (χ4v) is 3.46. The Morgan fingerprint density at radius 2 is 1.84 bits per heavy atom. The van der Waals surface area contributed by atoms with Crippen LogP contribution in [0.2, 0.25) is 0 Å². The molecule has 3 rings (SSSR count). The van der Waals surface area contributed by atoms with E-state index in [0.717, 1.165) is 12.8 Å². The molecule has 2 aromatic carbocycles. The number of rotatable bonds is 5. The fraction of sp³-hybridized carbons (Fsp3) is 0.300. The largest absolute Gasteiger partial charge is 0.481 e. The second kappa shape index (κ2) is 7.05. The van der Waals surface area contributed by atoms with Crippen molar-refractivity contribution in [3.63, 3.8) is 0 Å². The topological polar surface area (TPSA) is 57.6 Å². The van der Waals surface area contributed by atoms with Crippen LogP contribution >= 0.6 is 0 Å². The van der Waals surface area contributed by atoms with Crippen LogP contribution in [0.15, 0.2) is 48.5 Å². The monoisotopic (exact) mass is 341 g/mol. The number of fused-ring (bicyclic) bond motifs is 1. The van der Waals surface area contributed by atoms with Gasteiger partial charge in [-0.05, 0) is 35.7 Å². The predicted molar refractivity (Wildman–Crippen MR) is 91.9 cm³/mol. The normalized spacial score (nSPS) is 19.6. The van der Waals surface area contributed by atoms with E-state index in [2.05, 4.69) is 0 Å². The number of benzene rings is 2. The number of halogens is 1. The summed E-state index contributed by atoms with van der Waals surface area (Å²) in [4.78, 5) is 26.7. The second-order valence-corrected chi connectivity index (χ2v) is 6.25. The molecule has 0 aromatic heterocycles. The molecule has 130 valence electrons. The third-order valence-electron chi connectivity index (χ3n) is 4.67. The SMILES string of the molecule is CCCCN1C(=O)c2ccccc2C(C(=O)O)C1c1ccc(F)cc1. The molecule has 2 atom stereocenters. The quantitative estimate of drug-likeness (QED) is 0.894. The highest BCUT2D eigenvalue weighted by Gasteiger charge is 2.43. The zero-order valence-corrected chi connectivity index (χ0v) is 14.0. The van der Waals surface area contributed by atoms with E-state index in [0.29, 0.717) is 23.2 Å². The lowest BCUT2D eigenvalue weighted by Gasteiger charge is -2.41. The van der Waals surface area contributed by atoms with Crippen molar-refractivity contribution in [3.8, 4) is 0 Å². The molecule has 1 N–H and O–H groups in total. The van der Waals surface area contributed by atoms with Gasteiger partial charge in [-0.15, -0.1) is 0 Å². The number of aliphatic carboxylic acids is 1. The lowest BCUT2D eigenvalue weighted by Crippen LogP contribution is -2.45. The van der Waals surface area contributed by atoms with Crippen LogP contribution in [0.25, 0.3) is 0 Å². The summed E-state index contributed by atoms with van der Waals surface area (Å²) in [7, 11) is 0. The lowest BCUT2D eigenvalue weighted by molar-refractivity contribution is -0.140. The molecule has 0 fully saturated rings. The number of carbonyl (C=O) groups excluding carboxylic acids is 1. The zero-order chi connectivity index (χ0) is 18.0. The highest BCUT2D eigenvalue weighted by molar-refractivity contribution is 6.00. The van der Waals surface area contributed by atoms with Gasteiger partial charge in [0.15, 0.2) is 0 Å². The van der Waals surface area contributed by atoms with Crippen LogP contribution in [0.4, 0.5) is 4.39 Å². The molecule has 1 aliphatic rings. The predicted octanol–water partition coefficient (Wildman–Crippen LogP) is 3.99. The molecule has 4 nitrogen and oxygen atoms in total. The standard InChI is InChI=1S/C20H20FNO3/c1-2-3-12-22-18(13-8-10-14(21)11-9-13)17(20(24)25)15-6-4-5-7-16(15)19(22)23/h4-11,17-18H,2-3,12H2,1H3,(H,24,25). The summed E-state index contributed by atoms with van der Waals surface area (Å²) in [6.45, 7) is 2.49. The molecular formula is C20H20FNO3. The minimum Gasteiger partial charge on any atom is -0.481 e. The Hall–Kier alpha value is -2.69. The average molecular weight is 341 g/mol. The van der Waals surface area contributed by atoms with E-state index in [1.54, 1.807) is 41.3 Å². The number of carbonyl (C=O) groups is 2. The van der Waals surface area contributed by atoms with Crippen LogP contribution in [-0.2, 0) is 4.79 Å². The zero-order valence-electron chi connectivity index (χ0n) is 14.0. The molecule has 2 aromatic rings. The third kappa shape index (κ3) is 3.14. The van der Waals surface area contributed by atoms with Gasteiger partial charge < -0.3 is 10.0 Å². The summed E-state index contributed by atoms with van der Waals surface area (Å²) >= 11 is 0. The van der Waals surface area contributed by atoms with Crippen LogP contribution < -0.4 is 0 Å². The first kappa shape index (κ1) is 17.1. The first-order valence-corrected chi connectivity index (χ1v) is 8.42. The van der Waals surface area contributed by atoms with Crippen LogP contribution in [0, 0.1) is 5.82 Å². The highest BCUT2D eigenvalue weighted by atomic mass is 19.1. The summed E-state index contributed by atoms with van der Waals surface area (Å²) < 4.78 is 13.3. The van der Waals surface area contributed by atoms with E-state index in [1.165, 1.54) is 12.1 Å². The maximum absolute atomic E-state index is 13.3. The van der Waals surface area contributed by atoms with Gasteiger partial charge in [0.2, 0.25) is 0 Å². The van der Waals surface area contributed by atoms with E-state index < -0.39 is 23.7 Å². The van der Waals surface area contributed by atoms with Gasteiger partial charge in [0.1, 0.15) is 11.7 Å². The van der Waals surface area contributed by atoms with Crippen molar-refractivity contribution in [1.82, 2.24) is 4.90 Å². The van der Waals surface area contributed by atoms with Gasteiger partial charge in [0.25, 0.3) is 5.91 Å². The second-order valence-electron chi connectivity index (χ2n) is 6.25. The molecule has 25 heavy (non-hydrogen) atoms. The summed E-state index contributed by atoms with van der Waals surface area (Å²) in [6, 6.07) is 11.9. The third-order valence-corrected chi connectivity index (χ3v) is 4.67. The number of unbranched alkanes of at least 4 members (excludes halogenated alkanes) is 1. The summed E-state index contributed by atoms with van der Waals surface area (Å²) in [5.74, 6) is -2.43. The van der Waals surface area contributed by atoms with Gasteiger partial charge in [-0.3, -0.25) is 9.59 Å². The number of carboxylic acids is 1. The Labute approximate surface area is 145 Å². The van der Waals surface area contributed by atoms with Gasteiger partial charge in [-0.2, -0.15) is 0 Å². The molecule has 2 unspecified atom stereocenters. The van der Waals surface area contributed by atoms with Crippen LogP contribution in [-0.4, -0.2) is 28.4 Å². The number of nitrogens with zero attached hydrogens (tertiary/aromatic N) is 1. The Kier molecular flexibility index (Phi) is 4.83. The van der Waals surface area contributed by atoms with Gasteiger partial charge >= 0.3 is 5.97 Å². The Bertz CT molecular complexity index is 788. The van der Waals surface area contributed by atoms with Crippen molar-refractivity contribution in [2.24, 2.45) is 0 Å². The summed E-state index contributed by atoms with van der Waals surface area (Å²) in [6.07, 6.45) is 1.66. The lowest BCUT2D eigenvalue weighted by atomic mass is 9.79. The first-order valence-electron chi connectivity index (χ1n) is 8.42. The van der Waals surface area contributed by atoms with Gasteiger partial charge in [0.05, 0.1) is 6.04 Å². The molecule has 0 spiro atoms. The van der Waals surface area contributed by atoms with E-state index in [1.807, 2.05) is 6.92 Å². The van der Waals surface area contributed by atoms with E-state index in [9.17, 15) is 19.1 Å². The van der Waals surface area contributed by atoms with E-state index in [4.69, 9.17) is 0 Å². The maximum Gasteiger partial charge on any atom is 0.313 e. The van der Waals surface area contributed by atoms with E-state index >= 15 is 0 Å². The molecule has 0 bridgehead atoms. The summed E-state index contributed by atoms with van der Waals surface area (Å²) in [5, 5.41) is 9.89. The number of carboxylic acid groups (broad SMARTS) is 1. The van der Waals surface area contributed by atoms with Crippen molar-refractivity contribution >= 4 is 11.9 Å². The Morgan fingerprint density at radius 3 is 2.48 bits per heavy atom. The summed E-state index contributed by atoms with van der Waals surface area (Å²) in [5.41, 5.74) is 1.58. The number of hydrogen-bond donors (Lipinski definition) is 1. The van der Waals surface area contributed by atoms with Gasteiger partial charge in [0, 0.05) is 12.1 Å². The molecule has 1 heterocycles. The Morgan fingerprint density at radius 1 is 1.16 bits per heavy atom. The van der Waals surface area contributed by atoms with Crippen molar-refractivity contribution in [1.29, 1.82) is 0 Å². The van der Waals surface area contributed by atoms with E-state index in [-0.39, 0.29) is 5.91 Å². The average Bonchev–Trinajstić information content (AvgIpc) is 2.61. The molecule has 0 radical (unpaired) electrons. The smallest absolute Gasteiger partial charge is 0.313 e. The maximum atomic E-state index is 13.3. The van der Waals surface area contributed by atoms with Crippen LogP contribution in [0.3, 0.4) is 0 Å². The van der Waals surface area contributed by atoms with Crippen molar-refractivity contribution < 1.29 is 19.1 Å². The molecular weight excluding hydrogens is 321 g/mol. The minimum atomic E-state index is -0.990. The van der Waals surface area contributed by atoms with Gasteiger partial charge in [-0.25, -0.2) is 4.39 Å². The number of amides is 1. The van der Waals surface area contributed by atoms with Crippen molar-refractivity contribution in [3.05, 3.63) is 71.0 Å². The molecule has 1 aliphatic heterocycles. The minimum absolute atomic E-state index is 0.170. The van der Waals surface area contributed by atoms with Gasteiger partial charge in [-0.1, -0.05) is 43.7 Å². The Balaban J connectivity index is 2.16. The molecule has 0 aliphatic carbocycles. The fourth-order valence-electron chi connectivity index (χ4n) is 3.46. The molecule has 5 heteroatoms. The van der Waals surface area contributed by atoms with Crippen LogP contribution in [0.5, 0.6) is 0 Å². The molecule has 0 saturated carbocycles. The molecule has 0 saturated heterocycles. The number of hydrogen-bond acceptors (Lipinski definition) is 2. The highest BCUT2D eigenvalue weighted by Crippen LogP contribution is 2.42. The first-order chi connectivity index (χ1) is 12.0. The van der Waals surface area contributed by atoms with Crippen molar-refractivity contribution in [2.45, 2.75) is 31.7 Å². The van der Waals surface area contributed by atoms with Crippen LogP contribution in [0.1, 0.15) is 53.2 Å². The molecule has 1 amide bonds.